The summed E-state index contributed by atoms with van der Waals surface area (Å²) in [6.45, 7) is 3.26. The van der Waals surface area contributed by atoms with Gasteiger partial charge in [-0.25, -0.2) is 0 Å². The molecule has 1 fully saturated rings. The molecule has 0 heterocycles. The van der Waals surface area contributed by atoms with Crippen LogP contribution >= 0.6 is 0 Å². The largest absolute Gasteiger partial charge is 0.289 e. The highest BCUT2D eigenvalue weighted by Gasteiger charge is 2.57. The van der Waals surface area contributed by atoms with E-state index in [1.807, 2.05) is 0 Å². The predicted molar refractivity (Wildman–Crippen MR) is 43.0 cm³/mol. The number of hydrogen-bond acceptors (Lipinski definition) is 4. The maximum atomic E-state index is 11.3. The molecule has 0 aromatic rings. The third kappa shape index (κ3) is 0.978. The van der Waals surface area contributed by atoms with E-state index < -0.39 is 28.5 Å². The van der Waals surface area contributed by atoms with Crippen LogP contribution in [-0.2, 0) is 19.2 Å². The first-order valence-corrected chi connectivity index (χ1v) is 4.19. The van der Waals surface area contributed by atoms with Crippen LogP contribution in [0.15, 0.2) is 0 Å². The van der Waals surface area contributed by atoms with E-state index in [0.29, 0.717) is 0 Å². The summed E-state index contributed by atoms with van der Waals surface area (Å²) in [5.41, 5.74) is -1.34. The first-order chi connectivity index (χ1) is 6.01. The lowest BCUT2D eigenvalue weighted by Gasteiger charge is -2.18. The molecule has 1 saturated carbocycles. The molecule has 0 radical (unpaired) electrons. The molecular weight excluding hydrogens is 172 g/mol. The van der Waals surface area contributed by atoms with E-state index >= 15 is 0 Å². The highest BCUT2D eigenvalue weighted by Crippen LogP contribution is 2.34. The second kappa shape index (κ2) is 2.87. The number of carbonyl (C=O) groups excluding carboxylic acids is 4. The summed E-state index contributed by atoms with van der Waals surface area (Å²) in [6.07, 6.45) is 0.442. The SMILES string of the molecule is CCC1(CC)C(=O)C(=O)C(=O)C1=O. The third-order valence-electron chi connectivity index (χ3n) is 2.70. The molecule has 4 heteroatoms. The van der Waals surface area contributed by atoms with Gasteiger partial charge < -0.3 is 0 Å². The molecule has 13 heavy (non-hydrogen) atoms. The Hall–Kier alpha value is -1.32. The average molecular weight is 182 g/mol. The Morgan fingerprint density at radius 1 is 0.846 bits per heavy atom. The van der Waals surface area contributed by atoms with E-state index in [1.54, 1.807) is 13.8 Å². The Morgan fingerprint density at radius 3 is 1.31 bits per heavy atom. The quantitative estimate of drug-likeness (QED) is 0.448. The third-order valence-corrected chi connectivity index (χ3v) is 2.70. The van der Waals surface area contributed by atoms with Gasteiger partial charge in [-0.15, -0.1) is 0 Å². The Kier molecular flexibility index (Phi) is 2.15. The van der Waals surface area contributed by atoms with Crippen molar-refractivity contribution in [1.82, 2.24) is 0 Å². The van der Waals surface area contributed by atoms with Crippen molar-refractivity contribution in [2.24, 2.45) is 5.41 Å². The number of ketones is 4. The smallest absolute Gasteiger partial charge is 0.273 e. The maximum Gasteiger partial charge on any atom is 0.273 e. The molecule has 0 aromatic heterocycles. The Morgan fingerprint density at radius 2 is 1.15 bits per heavy atom. The van der Waals surface area contributed by atoms with Crippen LogP contribution in [0.4, 0.5) is 0 Å². The molecule has 0 aliphatic heterocycles. The van der Waals surface area contributed by atoms with Gasteiger partial charge in [0.1, 0.15) is 5.41 Å². The molecule has 4 nitrogen and oxygen atoms in total. The topological polar surface area (TPSA) is 68.3 Å². The first-order valence-electron chi connectivity index (χ1n) is 4.19. The summed E-state index contributed by atoms with van der Waals surface area (Å²) >= 11 is 0. The van der Waals surface area contributed by atoms with Gasteiger partial charge in [-0.3, -0.25) is 19.2 Å². The highest BCUT2D eigenvalue weighted by molar-refractivity contribution is 6.87. The van der Waals surface area contributed by atoms with Crippen LogP contribution in [0.2, 0.25) is 0 Å². The van der Waals surface area contributed by atoms with Crippen LogP contribution in [0.5, 0.6) is 0 Å². The average Bonchev–Trinajstić information content (AvgIpc) is 2.31. The first kappa shape index (κ1) is 9.77. The summed E-state index contributed by atoms with van der Waals surface area (Å²) in [5, 5.41) is 0. The van der Waals surface area contributed by atoms with E-state index in [9.17, 15) is 19.2 Å². The van der Waals surface area contributed by atoms with Gasteiger partial charge >= 0.3 is 0 Å². The fourth-order valence-corrected chi connectivity index (χ4v) is 1.64. The molecule has 0 aromatic carbocycles. The number of carbonyl (C=O) groups is 4. The zero-order valence-electron chi connectivity index (χ0n) is 7.55. The highest BCUT2D eigenvalue weighted by atomic mass is 16.2. The van der Waals surface area contributed by atoms with Crippen LogP contribution in [-0.4, -0.2) is 23.1 Å². The van der Waals surface area contributed by atoms with Crippen molar-refractivity contribution < 1.29 is 19.2 Å². The fourth-order valence-electron chi connectivity index (χ4n) is 1.64. The second-order valence-corrected chi connectivity index (χ2v) is 3.11. The van der Waals surface area contributed by atoms with Gasteiger partial charge in [0.05, 0.1) is 0 Å². The van der Waals surface area contributed by atoms with Crippen LogP contribution in [0, 0.1) is 5.41 Å². The molecule has 0 spiro atoms. The summed E-state index contributed by atoms with van der Waals surface area (Å²) in [4.78, 5) is 44.5. The summed E-state index contributed by atoms with van der Waals surface area (Å²) in [5.74, 6) is -3.94. The van der Waals surface area contributed by atoms with Gasteiger partial charge in [-0.2, -0.15) is 0 Å². The van der Waals surface area contributed by atoms with Crippen molar-refractivity contribution in [2.75, 3.05) is 0 Å². The van der Waals surface area contributed by atoms with Crippen molar-refractivity contribution in [2.45, 2.75) is 26.7 Å². The normalized spacial score (nSPS) is 21.4. The minimum absolute atomic E-state index is 0.221. The number of hydrogen-bond donors (Lipinski definition) is 0. The Balaban J connectivity index is 3.27. The van der Waals surface area contributed by atoms with Crippen molar-refractivity contribution >= 4 is 23.1 Å². The zero-order valence-corrected chi connectivity index (χ0v) is 7.55. The van der Waals surface area contributed by atoms with Crippen LogP contribution < -0.4 is 0 Å². The van der Waals surface area contributed by atoms with E-state index in [1.165, 1.54) is 0 Å². The molecule has 70 valence electrons. The summed E-state index contributed by atoms with van der Waals surface area (Å²) in [6, 6.07) is 0. The number of rotatable bonds is 2. The van der Waals surface area contributed by atoms with Crippen molar-refractivity contribution in [3.63, 3.8) is 0 Å². The van der Waals surface area contributed by atoms with Crippen LogP contribution in [0.25, 0.3) is 0 Å². The van der Waals surface area contributed by atoms with E-state index in [-0.39, 0.29) is 12.8 Å². The molecular formula is C9H10O4. The molecule has 0 unspecified atom stereocenters. The fraction of sp³-hybridized carbons (Fsp3) is 0.556. The Labute approximate surface area is 75.3 Å². The maximum absolute atomic E-state index is 11.3. The minimum Gasteiger partial charge on any atom is -0.289 e. The van der Waals surface area contributed by atoms with Gasteiger partial charge in [-0.05, 0) is 12.8 Å². The van der Waals surface area contributed by atoms with Gasteiger partial charge in [0.25, 0.3) is 11.6 Å². The van der Waals surface area contributed by atoms with E-state index in [4.69, 9.17) is 0 Å². The lowest BCUT2D eigenvalue weighted by atomic mass is 9.79. The Bertz CT molecular complexity index is 282. The molecule has 0 bridgehead atoms. The summed E-state index contributed by atoms with van der Waals surface area (Å²) < 4.78 is 0. The van der Waals surface area contributed by atoms with Crippen molar-refractivity contribution in [1.29, 1.82) is 0 Å². The lowest BCUT2D eigenvalue weighted by Crippen LogP contribution is -2.33. The number of Topliss-reactive ketones (excluding diaryl/α,β-unsaturated/α-hetero) is 4. The molecule has 0 saturated heterocycles. The monoisotopic (exact) mass is 182 g/mol. The second-order valence-electron chi connectivity index (χ2n) is 3.11. The van der Waals surface area contributed by atoms with Gasteiger partial charge in [0.2, 0.25) is 11.6 Å². The van der Waals surface area contributed by atoms with Crippen molar-refractivity contribution in [3.05, 3.63) is 0 Å². The standard InChI is InChI=1S/C9H10O4/c1-3-9(4-2)7(12)5(10)6(11)8(9)13/h3-4H2,1-2H3. The zero-order chi connectivity index (χ0) is 10.2. The van der Waals surface area contributed by atoms with Gasteiger partial charge in [0, 0.05) is 0 Å². The molecule has 1 aliphatic carbocycles. The van der Waals surface area contributed by atoms with Crippen molar-refractivity contribution in [3.8, 4) is 0 Å². The van der Waals surface area contributed by atoms with Gasteiger partial charge in [0.15, 0.2) is 0 Å². The summed E-state index contributed by atoms with van der Waals surface area (Å²) in [7, 11) is 0. The molecule has 1 rings (SSSR count). The van der Waals surface area contributed by atoms with E-state index in [0.717, 1.165) is 0 Å². The van der Waals surface area contributed by atoms with Gasteiger partial charge in [-0.1, -0.05) is 13.8 Å². The molecule has 0 atom stereocenters. The molecule has 1 aliphatic rings. The van der Waals surface area contributed by atoms with Crippen LogP contribution in [0.1, 0.15) is 26.7 Å². The lowest BCUT2D eigenvalue weighted by molar-refractivity contribution is -0.142. The predicted octanol–water partition coefficient (Wildman–Crippen LogP) is 0.0828. The van der Waals surface area contributed by atoms with Crippen LogP contribution in [0.3, 0.4) is 0 Å². The minimum atomic E-state index is -1.34. The molecule has 0 amide bonds. The molecule has 0 N–H and O–H groups in total. The van der Waals surface area contributed by atoms with E-state index in [2.05, 4.69) is 0 Å².